The molecule has 1 aliphatic rings. The Labute approximate surface area is 116 Å². The zero-order chi connectivity index (χ0) is 14.3. The quantitative estimate of drug-likeness (QED) is 0.844. The number of hydrogen-bond donors (Lipinski definition) is 0. The number of nitrogens with zero attached hydrogens (tertiary/aromatic N) is 3. The summed E-state index contributed by atoms with van der Waals surface area (Å²) in [6, 6.07) is 3.86. The van der Waals surface area contributed by atoms with Crippen LogP contribution in [0.25, 0.3) is 0 Å². The summed E-state index contributed by atoms with van der Waals surface area (Å²) < 4.78 is 41.7. The second kappa shape index (κ2) is 4.68. The van der Waals surface area contributed by atoms with E-state index in [4.69, 9.17) is 0 Å². The molecule has 1 aromatic heterocycles. The summed E-state index contributed by atoms with van der Waals surface area (Å²) in [5.74, 6) is 0.316. The van der Waals surface area contributed by atoms with E-state index >= 15 is 0 Å². The van der Waals surface area contributed by atoms with Crippen LogP contribution < -0.4 is 0 Å². The van der Waals surface area contributed by atoms with Gasteiger partial charge in [0.25, 0.3) is 0 Å². The Kier molecular flexibility index (Phi) is 3.10. The molecule has 0 aliphatic carbocycles. The molecule has 0 spiro atoms. The highest BCUT2D eigenvalue weighted by Crippen LogP contribution is 2.22. The summed E-state index contributed by atoms with van der Waals surface area (Å²) in [6.45, 7) is 2.76. The zero-order valence-corrected chi connectivity index (χ0v) is 11.8. The van der Waals surface area contributed by atoms with Gasteiger partial charge in [0, 0.05) is 25.5 Å². The van der Waals surface area contributed by atoms with E-state index < -0.39 is 15.8 Å². The maximum absolute atomic E-state index is 13.3. The van der Waals surface area contributed by atoms with Crippen molar-refractivity contribution in [1.82, 2.24) is 13.9 Å². The average molecular weight is 295 g/mol. The normalized spacial score (nSPS) is 16.1. The molecular weight excluding hydrogens is 281 g/mol. The SMILES string of the molecule is Cc1cc(S(=O)(=O)N2CCn3ccnc3C2)ccc1F. The first-order valence-corrected chi connectivity index (χ1v) is 7.69. The highest BCUT2D eigenvalue weighted by atomic mass is 32.2. The summed E-state index contributed by atoms with van der Waals surface area (Å²) in [5, 5.41) is 0. The minimum Gasteiger partial charge on any atom is -0.333 e. The van der Waals surface area contributed by atoms with Crippen LogP contribution in [-0.2, 0) is 23.1 Å². The van der Waals surface area contributed by atoms with E-state index in [-0.39, 0.29) is 11.4 Å². The molecule has 0 saturated carbocycles. The minimum atomic E-state index is -3.61. The second-order valence-corrected chi connectivity index (χ2v) is 6.72. The Morgan fingerprint density at radius 2 is 2.10 bits per heavy atom. The van der Waals surface area contributed by atoms with Crippen LogP contribution in [0, 0.1) is 12.7 Å². The van der Waals surface area contributed by atoms with Gasteiger partial charge in [-0.25, -0.2) is 17.8 Å². The number of aromatic nitrogens is 2. The van der Waals surface area contributed by atoms with Gasteiger partial charge in [-0.3, -0.25) is 0 Å². The van der Waals surface area contributed by atoms with Gasteiger partial charge in [-0.05, 0) is 30.7 Å². The number of benzene rings is 1. The fraction of sp³-hybridized carbons (Fsp3) is 0.308. The molecule has 0 amide bonds. The molecule has 1 aliphatic heterocycles. The Hall–Kier alpha value is -1.73. The lowest BCUT2D eigenvalue weighted by atomic mass is 10.2. The van der Waals surface area contributed by atoms with Crippen molar-refractivity contribution >= 4 is 10.0 Å². The summed E-state index contributed by atoms with van der Waals surface area (Å²) >= 11 is 0. The molecule has 1 aromatic carbocycles. The molecule has 5 nitrogen and oxygen atoms in total. The van der Waals surface area contributed by atoms with E-state index in [9.17, 15) is 12.8 Å². The molecule has 3 rings (SSSR count). The molecule has 2 heterocycles. The molecule has 0 N–H and O–H groups in total. The van der Waals surface area contributed by atoms with E-state index in [1.54, 1.807) is 13.1 Å². The molecule has 0 unspecified atom stereocenters. The van der Waals surface area contributed by atoms with Crippen molar-refractivity contribution in [2.24, 2.45) is 0 Å². The molecular formula is C13H14FN3O2S. The smallest absolute Gasteiger partial charge is 0.243 e. The first kappa shape index (κ1) is 13.3. The molecule has 106 valence electrons. The van der Waals surface area contributed by atoms with Crippen LogP contribution in [0.15, 0.2) is 35.5 Å². The van der Waals surface area contributed by atoms with E-state index in [1.165, 1.54) is 22.5 Å². The second-order valence-electron chi connectivity index (χ2n) is 4.79. The van der Waals surface area contributed by atoms with Crippen molar-refractivity contribution in [3.63, 3.8) is 0 Å². The Bertz CT molecular complexity index is 755. The standard InChI is InChI=1S/C13H14FN3O2S/c1-10-8-11(2-3-12(10)14)20(18,19)17-7-6-16-5-4-15-13(16)9-17/h2-5,8H,6-7,9H2,1H3. The van der Waals surface area contributed by atoms with Crippen molar-refractivity contribution in [2.75, 3.05) is 6.54 Å². The van der Waals surface area contributed by atoms with Gasteiger partial charge in [0.15, 0.2) is 0 Å². The number of fused-ring (bicyclic) bond motifs is 1. The first-order chi connectivity index (χ1) is 9.48. The summed E-state index contributed by atoms with van der Waals surface area (Å²) in [4.78, 5) is 4.26. The highest BCUT2D eigenvalue weighted by Gasteiger charge is 2.29. The average Bonchev–Trinajstić information content (AvgIpc) is 2.89. The Morgan fingerprint density at radius 1 is 1.30 bits per heavy atom. The summed E-state index contributed by atoms with van der Waals surface area (Å²) in [5.41, 5.74) is 0.324. The van der Waals surface area contributed by atoms with E-state index in [0.717, 1.165) is 5.82 Å². The minimum absolute atomic E-state index is 0.122. The van der Waals surface area contributed by atoms with Crippen LogP contribution in [0.3, 0.4) is 0 Å². The van der Waals surface area contributed by atoms with Gasteiger partial charge in [-0.1, -0.05) is 0 Å². The van der Waals surface area contributed by atoms with Crippen LogP contribution in [0.2, 0.25) is 0 Å². The number of halogens is 1. The summed E-state index contributed by atoms with van der Waals surface area (Å²) in [6.07, 6.45) is 3.49. The number of sulfonamides is 1. The number of aryl methyl sites for hydroxylation is 1. The molecule has 0 saturated heterocycles. The lowest BCUT2D eigenvalue weighted by Crippen LogP contribution is -2.38. The third-order valence-electron chi connectivity index (χ3n) is 3.48. The van der Waals surface area contributed by atoms with Gasteiger partial charge in [0.05, 0.1) is 11.4 Å². The van der Waals surface area contributed by atoms with Crippen molar-refractivity contribution < 1.29 is 12.8 Å². The zero-order valence-electron chi connectivity index (χ0n) is 11.0. The fourth-order valence-corrected chi connectivity index (χ4v) is 3.75. The van der Waals surface area contributed by atoms with Gasteiger partial charge < -0.3 is 4.57 Å². The maximum Gasteiger partial charge on any atom is 0.243 e. The van der Waals surface area contributed by atoms with Crippen LogP contribution in [0.1, 0.15) is 11.4 Å². The molecule has 20 heavy (non-hydrogen) atoms. The fourth-order valence-electron chi connectivity index (χ4n) is 2.28. The monoisotopic (exact) mass is 295 g/mol. The van der Waals surface area contributed by atoms with Crippen LogP contribution >= 0.6 is 0 Å². The van der Waals surface area contributed by atoms with Gasteiger partial charge in [0.1, 0.15) is 11.6 Å². The van der Waals surface area contributed by atoms with Gasteiger partial charge >= 0.3 is 0 Å². The first-order valence-electron chi connectivity index (χ1n) is 6.25. The van der Waals surface area contributed by atoms with Crippen molar-refractivity contribution in [1.29, 1.82) is 0 Å². The van der Waals surface area contributed by atoms with Crippen LogP contribution in [0.4, 0.5) is 4.39 Å². The molecule has 0 radical (unpaired) electrons. The highest BCUT2D eigenvalue weighted by molar-refractivity contribution is 7.89. The van der Waals surface area contributed by atoms with Gasteiger partial charge in [-0.15, -0.1) is 0 Å². The van der Waals surface area contributed by atoms with Crippen molar-refractivity contribution in [2.45, 2.75) is 24.9 Å². The number of hydrogen-bond acceptors (Lipinski definition) is 3. The Morgan fingerprint density at radius 3 is 2.85 bits per heavy atom. The largest absolute Gasteiger partial charge is 0.333 e. The predicted octanol–water partition coefficient (Wildman–Crippen LogP) is 1.54. The molecule has 0 atom stereocenters. The Balaban J connectivity index is 1.95. The molecule has 2 aromatic rings. The van der Waals surface area contributed by atoms with E-state index in [1.807, 2.05) is 10.8 Å². The molecule has 7 heteroatoms. The lowest BCUT2D eigenvalue weighted by Gasteiger charge is -2.27. The lowest BCUT2D eigenvalue weighted by molar-refractivity contribution is 0.335. The van der Waals surface area contributed by atoms with Crippen molar-refractivity contribution in [3.05, 3.63) is 47.8 Å². The van der Waals surface area contributed by atoms with Gasteiger partial charge in [0.2, 0.25) is 10.0 Å². The van der Waals surface area contributed by atoms with Crippen LogP contribution in [0.5, 0.6) is 0 Å². The maximum atomic E-state index is 13.3. The van der Waals surface area contributed by atoms with Crippen molar-refractivity contribution in [3.8, 4) is 0 Å². The van der Waals surface area contributed by atoms with Gasteiger partial charge in [-0.2, -0.15) is 4.31 Å². The molecule has 0 bridgehead atoms. The third kappa shape index (κ3) is 2.12. The molecule has 0 fully saturated rings. The van der Waals surface area contributed by atoms with E-state index in [2.05, 4.69) is 4.98 Å². The predicted molar refractivity (Wildman–Crippen MR) is 71.0 cm³/mol. The number of imidazole rings is 1. The van der Waals surface area contributed by atoms with E-state index in [0.29, 0.717) is 18.7 Å². The third-order valence-corrected chi connectivity index (χ3v) is 5.32. The topological polar surface area (TPSA) is 55.2 Å². The number of rotatable bonds is 2. The summed E-state index contributed by atoms with van der Waals surface area (Å²) in [7, 11) is -3.61. The van der Waals surface area contributed by atoms with Crippen LogP contribution in [-0.4, -0.2) is 28.8 Å².